The highest BCUT2D eigenvalue weighted by atomic mass is 35.5. The Morgan fingerprint density at radius 2 is 2.24 bits per heavy atom. The van der Waals surface area contributed by atoms with Gasteiger partial charge < -0.3 is 9.88 Å². The molecule has 17 heavy (non-hydrogen) atoms. The van der Waals surface area contributed by atoms with Gasteiger partial charge in [0.1, 0.15) is 0 Å². The summed E-state index contributed by atoms with van der Waals surface area (Å²) < 4.78 is 2.10. The second-order valence-electron chi connectivity index (χ2n) is 5.18. The molecule has 0 radical (unpaired) electrons. The molecule has 1 fully saturated rings. The topological polar surface area (TPSA) is 17.0 Å². The molecule has 0 saturated carbocycles. The second kappa shape index (κ2) is 3.76. The maximum Gasteiger partial charge on any atom is 0.0661 e. The Morgan fingerprint density at radius 3 is 2.94 bits per heavy atom. The van der Waals surface area contributed by atoms with Crippen LogP contribution in [-0.4, -0.2) is 11.1 Å². The van der Waals surface area contributed by atoms with Gasteiger partial charge >= 0.3 is 0 Å². The van der Waals surface area contributed by atoms with E-state index >= 15 is 0 Å². The van der Waals surface area contributed by atoms with Crippen LogP contribution in [0.25, 0.3) is 10.9 Å². The van der Waals surface area contributed by atoms with Gasteiger partial charge in [0.25, 0.3) is 0 Å². The highest BCUT2D eigenvalue weighted by Gasteiger charge is 2.30. The van der Waals surface area contributed by atoms with Crippen molar-refractivity contribution in [2.45, 2.75) is 25.3 Å². The van der Waals surface area contributed by atoms with Gasteiger partial charge in [-0.2, -0.15) is 0 Å². The fourth-order valence-electron chi connectivity index (χ4n) is 2.82. The lowest BCUT2D eigenvalue weighted by atomic mass is 9.90. The van der Waals surface area contributed by atoms with Crippen LogP contribution in [-0.2, 0) is 12.6 Å². The smallest absolute Gasteiger partial charge is 0.0661 e. The largest absolute Gasteiger partial charge is 0.349 e. The molecule has 1 aromatic heterocycles. The highest BCUT2D eigenvalue weighted by Crippen LogP contribution is 2.34. The molecule has 0 aliphatic carbocycles. The van der Waals surface area contributed by atoms with Crippen LogP contribution in [0, 0.1) is 0 Å². The van der Waals surface area contributed by atoms with Crippen molar-refractivity contribution in [1.29, 1.82) is 0 Å². The van der Waals surface area contributed by atoms with Crippen molar-refractivity contribution in [1.82, 2.24) is 9.88 Å². The summed E-state index contributed by atoms with van der Waals surface area (Å²) >= 11 is 6.19. The maximum atomic E-state index is 6.19. The van der Waals surface area contributed by atoms with Gasteiger partial charge in [-0.15, -0.1) is 0 Å². The first-order valence-corrected chi connectivity index (χ1v) is 6.48. The fraction of sp³-hybridized carbons (Fsp3) is 0.429. The number of rotatable bonds is 1. The number of hydrogen-bond acceptors (Lipinski definition) is 1. The van der Waals surface area contributed by atoms with E-state index in [0.717, 1.165) is 17.0 Å². The monoisotopic (exact) mass is 248 g/mol. The molecule has 1 atom stereocenters. The second-order valence-corrected chi connectivity index (χ2v) is 5.59. The summed E-state index contributed by atoms with van der Waals surface area (Å²) in [6, 6.07) is 6.60. The van der Waals surface area contributed by atoms with E-state index in [1.165, 1.54) is 23.9 Å². The molecule has 1 saturated heterocycles. The number of nitrogens with zero attached hydrogens (tertiary/aromatic N) is 1. The third kappa shape index (κ3) is 1.67. The van der Waals surface area contributed by atoms with Crippen molar-refractivity contribution < 1.29 is 0 Å². The predicted octanol–water partition coefficient (Wildman–Crippen LogP) is 3.43. The fourth-order valence-corrected chi connectivity index (χ4v) is 3.12. The first-order valence-electron chi connectivity index (χ1n) is 6.10. The van der Waals surface area contributed by atoms with Crippen LogP contribution in [0.4, 0.5) is 0 Å². The number of nitrogens with one attached hydrogen (secondary N) is 1. The van der Waals surface area contributed by atoms with E-state index in [2.05, 4.69) is 35.0 Å². The van der Waals surface area contributed by atoms with Crippen molar-refractivity contribution in [3.63, 3.8) is 0 Å². The normalized spacial score (nSPS) is 24.6. The van der Waals surface area contributed by atoms with Crippen LogP contribution < -0.4 is 5.32 Å². The summed E-state index contributed by atoms with van der Waals surface area (Å²) in [6.07, 6.45) is 4.43. The molecule has 0 bridgehead atoms. The Bertz CT molecular complexity index is 565. The molecule has 2 aromatic rings. The molecule has 1 aromatic carbocycles. The van der Waals surface area contributed by atoms with Crippen LogP contribution in [0.1, 0.15) is 25.3 Å². The van der Waals surface area contributed by atoms with Gasteiger partial charge in [-0.25, -0.2) is 0 Å². The van der Waals surface area contributed by atoms with Crippen molar-refractivity contribution in [3.8, 4) is 0 Å². The summed E-state index contributed by atoms with van der Waals surface area (Å²) in [6.45, 7) is 3.40. The molecule has 3 heteroatoms. The Kier molecular flexibility index (Phi) is 2.46. The van der Waals surface area contributed by atoms with Crippen LogP contribution in [0.15, 0.2) is 24.4 Å². The molecule has 1 unspecified atom stereocenters. The number of halogens is 1. The van der Waals surface area contributed by atoms with Crippen LogP contribution in [0.3, 0.4) is 0 Å². The molecule has 1 aliphatic rings. The van der Waals surface area contributed by atoms with Gasteiger partial charge in [-0.05, 0) is 37.9 Å². The minimum Gasteiger partial charge on any atom is -0.349 e. The molecule has 1 aliphatic heterocycles. The Morgan fingerprint density at radius 1 is 1.41 bits per heavy atom. The molecule has 2 heterocycles. The quantitative estimate of drug-likeness (QED) is 0.818. The summed E-state index contributed by atoms with van der Waals surface area (Å²) in [5.74, 6) is 0. The Labute approximate surface area is 107 Å². The molecule has 2 nitrogen and oxygen atoms in total. The summed E-state index contributed by atoms with van der Waals surface area (Å²) in [5, 5.41) is 5.57. The van der Waals surface area contributed by atoms with Crippen molar-refractivity contribution in [2.24, 2.45) is 7.05 Å². The number of aryl methyl sites for hydroxylation is 1. The number of fused-ring (bicyclic) bond motifs is 1. The van der Waals surface area contributed by atoms with E-state index in [-0.39, 0.29) is 5.54 Å². The molecular weight excluding hydrogens is 232 g/mol. The van der Waals surface area contributed by atoms with E-state index in [9.17, 15) is 0 Å². The highest BCUT2D eigenvalue weighted by molar-refractivity contribution is 6.35. The van der Waals surface area contributed by atoms with Gasteiger partial charge in [-0.3, -0.25) is 0 Å². The minimum atomic E-state index is 0.130. The maximum absolute atomic E-state index is 6.19. The summed E-state index contributed by atoms with van der Waals surface area (Å²) in [4.78, 5) is 0. The molecule has 0 spiro atoms. The van der Waals surface area contributed by atoms with Crippen LogP contribution in [0.2, 0.25) is 5.02 Å². The summed E-state index contributed by atoms with van der Waals surface area (Å²) in [7, 11) is 2.04. The molecule has 1 N–H and O–H groups in total. The van der Waals surface area contributed by atoms with E-state index in [0.29, 0.717) is 0 Å². The Balaban J connectivity index is 2.16. The van der Waals surface area contributed by atoms with Crippen molar-refractivity contribution in [2.75, 3.05) is 6.54 Å². The van der Waals surface area contributed by atoms with Crippen molar-refractivity contribution >= 4 is 22.5 Å². The van der Waals surface area contributed by atoms with E-state index in [1.807, 2.05) is 13.2 Å². The summed E-state index contributed by atoms with van der Waals surface area (Å²) in [5.41, 5.74) is 2.70. The molecule has 3 rings (SSSR count). The number of hydrogen-bond donors (Lipinski definition) is 1. The molecule has 0 amide bonds. The Hall–Kier alpha value is -0.990. The zero-order valence-electron chi connectivity index (χ0n) is 10.3. The van der Waals surface area contributed by atoms with Crippen LogP contribution >= 0.6 is 11.6 Å². The minimum absolute atomic E-state index is 0.130. The molecular formula is C14H17ClN2. The van der Waals surface area contributed by atoms with Gasteiger partial charge in [0.15, 0.2) is 0 Å². The lowest BCUT2D eigenvalue weighted by Gasteiger charge is -2.25. The van der Waals surface area contributed by atoms with E-state index in [4.69, 9.17) is 11.6 Å². The third-order valence-corrected chi connectivity index (χ3v) is 4.25. The molecule has 90 valence electrons. The van der Waals surface area contributed by atoms with Crippen molar-refractivity contribution in [3.05, 3.63) is 35.0 Å². The zero-order chi connectivity index (χ0) is 12.0. The lowest BCUT2D eigenvalue weighted by Crippen LogP contribution is -2.33. The zero-order valence-corrected chi connectivity index (χ0v) is 11.0. The predicted molar refractivity (Wildman–Crippen MR) is 72.5 cm³/mol. The van der Waals surface area contributed by atoms with E-state index in [1.54, 1.807) is 0 Å². The number of aromatic nitrogens is 1. The first kappa shape index (κ1) is 11.1. The average molecular weight is 249 g/mol. The van der Waals surface area contributed by atoms with Crippen LogP contribution in [0.5, 0.6) is 0 Å². The standard InChI is InChI=1S/C14H17ClN2/c1-14(6-3-7-16-14)10-4-5-11-12(15)9-17(2)13(11)8-10/h4-5,8-9,16H,3,6-7H2,1-2H3. The van der Waals surface area contributed by atoms with Gasteiger partial charge in [-0.1, -0.05) is 23.7 Å². The number of benzene rings is 1. The van der Waals surface area contributed by atoms with Gasteiger partial charge in [0.2, 0.25) is 0 Å². The van der Waals surface area contributed by atoms with Gasteiger partial charge in [0, 0.05) is 29.7 Å². The first-order chi connectivity index (χ1) is 8.10. The lowest BCUT2D eigenvalue weighted by molar-refractivity contribution is 0.435. The third-order valence-electron chi connectivity index (χ3n) is 3.95. The average Bonchev–Trinajstić information content (AvgIpc) is 2.86. The van der Waals surface area contributed by atoms with Gasteiger partial charge in [0.05, 0.1) is 5.02 Å². The SMILES string of the molecule is Cn1cc(Cl)c2ccc(C3(C)CCCN3)cc21. The van der Waals surface area contributed by atoms with E-state index < -0.39 is 0 Å².